The smallest absolute Gasteiger partial charge is 0.334 e. The number of urea groups is 1. The second-order valence-corrected chi connectivity index (χ2v) is 3.16. The van der Waals surface area contributed by atoms with Gasteiger partial charge in [-0.1, -0.05) is 15.5 Å². The lowest BCUT2D eigenvalue weighted by Crippen LogP contribution is -2.50. The van der Waals surface area contributed by atoms with Gasteiger partial charge in [-0.25, -0.2) is 4.79 Å². The molecule has 1 saturated heterocycles. The highest BCUT2D eigenvalue weighted by Gasteiger charge is 2.39. The molecule has 0 aliphatic carbocycles. The molecular weight excluding hydrogens is 188 g/mol. The second-order valence-electron chi connectivity index (χ2n) is 2.05. The molecule has 0 unspecified atom stereocenters. The molecule has 2 amide bonds. The monoisotopic (exact) mass is 196 g/mol. The lowest BCUT2D eigenvalue weighted by Gasteiger charge is -2.25. The van der Waals surface area contributed by atoms with Crippen LogP contribution in [0.5, 0.6) is 0 Å². The average Bonchev–Trinajstić information content (AvgIpc) is 1.95. The second kappa shape index (κ2) is 3.25. The Hall–Kier alpha value is -0.860. The van der Waals surface area contributed by atoms with Gasteiger partial charge in [0.1, 0.15) is 0 Å². The third-order valence-corrected chi connectivity index (χ3v) is 1.65. The van der Waals surface area contributed by atoms with Gasteiger partial charge in [0.15, 0.2) is 0 Å². The highest BCUT2D eigenvalue weighted by atomic mass is 32.3. The minimum Gasteiger partial charge on any atom is -0.334 e. The zero-order valence-corrected chi connectivity index (χ0v) is 7.13. The number of hydrogen-bond acceptors (Lipinski definition) is 5. The quantitative estimate of drug-likeness (QED) is 0.645. The van der Waals surface area contributed by atoms with Crippen molar-refractivity contribution in [2.45, 2.75) is 13.3 Å². The van der Waals surface area contributed by atoms with E-state index < -0.39 is 16.4 Å². The van der Waals surface area contributed by atoms with Gasteiger partial charge in [0.2, 0.25) is 0 Å². The predicted octanol–water partition coefficient (Wildman–Crippen LogP) is -0.470. The number of amides is 2. The van der Waals surface area contributed by atoms with E-state index in [-0.39, 0.29) is 5.23 Å². The summed E-state index contributed by atoms with van der Waals surface area (Å²) in [5, 5.41) is 2.61. The molecule has 0 radical (unpaired) electrons. The van der Waals surface area contributed by atoms with Crippen LogP contribution in [-0.2, 0) is 19.0 Å². The highest BCUT2D eigenvalue weighted by molar-refractivity contribution is 7.82. The van der Waals surface area contributed by atoms with Gasteiger partial charge in [-0.05, 0) is 11.6 Å². The molecule has 1 aliphatic heterocycles. The molecule has 0 spiro atoms. The minimum atomic E-state index is -3.94. The van der Waals surface area contributed by atoms with E-state index >= 15 is 0 Å². The Morgan fingerprint density at radius 1 is 1.50 bits per heavy atom. The summed E-state index contributed by atoms with van der Waals surface area (Å²) in [7, 11) is -3.94. The number of carbonyl (C=O) groups excluding carboxylic acids is 1. The Morgan fingerprint density at radius 2 is 2.08 bits per heavy atom. The zero-order chi connectivity index (χ0) is 9.19. The summed E-state index contributed by atoms with van der Waals surface area (Å²) in [5.74, 6) is 0. The number of hydroxylamine groups is 2. The van der Waals surface area contributed by atoms with Crippen LogP contribution < -0.4 is 5.32 Å². The van der Waals surface area contributed by atoms with Crippen LogP contribution in [0.4, 0.5) is 4.79 Å². The maximum Gasteiger partial charge on any atom is 0.446 e. The fourth-order valence-corrected chi connectivity index (χ4v) is 1.01. The normalized spacial score (nSPS) is 19.9. The molecule has 1 fully saturated rings. The van der Waals surface area contributed by atoms with Crippen LogP contribution in [0.3, 0.4) is 0 Å². The standard InChI is InChI=1S/C4H8N2O5S/c1-2-3-5-4(7)6-10-12(8,9)11-6/h2-3H2,1H3,(H,5,7). The van der Waals surface area contributed by atoms with Crippen LogP contribution in [-0.4, -0.2) is 26.2 Å². The summed E-state index contributed by atoms with van der Waals surface area (Å²) in [5.41, 5.74) is 0. The number of rotatable bonds is 2. The van der Waals surface area contributed by atoms with E-state index in [1.54, 1.807) is 0 Å². The summed E-state index contributed by atoms with van der Waals surface area (Å²) < 4.78 is 28.3. The van der Waals surface area contributed by atoms with E-state index in [1.807, 2.05) is 6.92 Å². The maximum absolute atomic E-state index is 10.8. The van der Waals surface area contributed by atoms with Crippen molar-refractivity contribution in [2.24, 2.45) is 0 Å². The third-order valence-electron chi connectivity index (χ3n) is 1.01. The van der Waals surface area contributed by atoms with Crippen molar-refractivity contribution < 1.29 is 21.8 Å². The molecule has 70 valence electrons. The molecule has 0 aromatic carbocycles. The average molecular weight is 196 g/mol. The summed E-state index contributed by atoms with van der Waals surface area (Å²) in [4.78, 5) is 10.8. The first-order valence-electron chi connectivity index (χ1n) is 3.27. The first kappa shape index (κ1) is 9.23. The maximum atomic E-state index is 10.8. The lowest BCUT2D eigenvalue weighted by molar-refractivity contribution is -0.280. The summed E-state index contributed by atoms with van der Waals surface area (Å²) in [6.45, 7) is 2.29. The lowest BCUT2D eigenvalue weighted by atomic mass is 10.5. The molecule has 1 heterocycles. The van der Waals surface area contributed by atoms with Gasteiger partial charge < -0.3 is 5.32 Å². The van der Waals surface area contributed by atoms with Crippen molar-refractivity contribution in [3.8, 4) is 0 Å². The number of nitrogens with one attached hydrogen (secondary N) is 1. The molecule has 1 rings (SSSR count). The highest BCUT2D eigenvalue weighted by Crippen LogP contribution is 2.15. The van der Waals surface area contributed by atoms with Crippen molar-refractivity contribution in [1.82, 2.24) is 10.5 Å². The summed E-state index contributed by atoms with van der Waals surface area (Å²) >= 11 is 0. The van der Waals surface area contributed by atoms with Gasteiger partial charge in [-0.15, -0.1) is 0 Å². The number of carbonyl (C=O) groups is 1. The van der Waals surface area contributed by atoms with E-state index in [1.165, 1.54) is 0 Å². The van der Waals surface area contributed by atoms with Gasteiger partial charge >= 0.3 is 16.4 Å². The van der Waals surface area contributed by atoms with E-state index in [0.717, 1.165) is 6.42 Å². The van der Waals surface area contributed by atoms with Crippen LogP contribution in [0, 0.1) is 0 Å². The molecule has 0 aromatic heterocycles. The van der Waals surface area contributed by atoms with Crippen LogP contribution >= 0.6 is 0 Å². The van der Waals surface area contributed by atoms with Crippen molar-refractivity contribution in [3.05, 3.63) is 0 Å². The van der Waals surface area contributed by atoms with Crippen LogP contribution in [0.15, 0.2) is 0 Å². The molecule has 1 N–H and O–H groups in total. The van der Waals surface area contributed by atoms with Crippen LogP contribution in [0.2, 0.25) is 0 Å². The van der Waals surface area contributed by atoms with Gasteiger partial charge in [0.05, 0.1) is 0 Å². The molecule has 0 bridgehead atoms. The Balaban J connectivity index is 2.29. The fourth-order valence-electron chi connectivity index (χ4n) is 0.536. The Labute approximate surface area is 69.5 Å². The van der Waals surface area contributed by atoms with Gasteiger partial charge in [-0.3, -0.25) is 0 Å². The Kier molecular flexibility index (Phi) is 2.50. The fraction of sp³-hybridized carbons (Fsp3) is 0.750. The molecule has 0 atom stereocenters. The van der Waals surface area contributed by atoms with E-state index in [0.29, 0.717) is 6.54 Å². The van der Waals surface area contributed by atoms with Crippen molar-refractivity contribution in [3.63, 3.8) is 0 Å². The minimum absolute atomic E-state index is 0.269. The Bertz CT molecular complexity index is 261. The Morgan fingerprint density at radius 3 is 2.50 bits per heavy atom. The van der Waals surface area contributed by atoms with Crippen LogP contribution in [0.25, 0.3) is 0 Å². The number of hydrogen-bond donors (Lipinski definition) is 1. The van der Waals surface area contributed by atoms with Gasteiger partial charge in [0, 0.05) is 6.54 Å². The topological polar surface area (TPSA) is 84.9 Å². The molecule has 1 aliphatic rings. The van der Waals surface area contributed by atoms with Crippen molar-refractivity contribution in [2.75, 3.05) is 6.54 Å². The largest absolute Gasteiger partial charge is 0.446 e. The summed E-state index contributed by atoms with van der Waals surface area (Å²) in [6, 6.07) is -0.730. The molecule has 7 nitrogen and oxygen atoms in total. The van der Waals surface area contributed by atoms with Crippen molar-refractivity contribution >= 4 is 16.4 Å². The van der Waals surface area contributed by atoms with Gasteiger partial charge in [0.25, 0.3) is 0 Å². The van der Waals surface area contributed by atoms with E-state index in [2.05, 4.69) is 13.9 Å². The summed E-state index contributed by atoms with van der Waals surface area (Å²) in [6.07, 6.45) is 0.742. The SMILES string of the molecule is CCCNC(=O)N1OS(=O)(=O)O1. The van der Waals surface area contributed by atoms with E-state index in [9.17, 15) is 13.2 Å². The predicted molar refractivity (Wildman–Crippen MR) is 36.6 cm³/mol. The van der Waals surface area contributed by atoms with Crippen LogP contribution in [0.1, 0.15) is 13.3 Å². The first-order valence-corrected chi connectivity index (χ1v) is 4.60. The third kappa shape index (κ3) is 2.06. The van der Waals surface area contributed by atoms with E-state index in [4.69, 9.17) is 0 Å². The number of nitrogens with zero attached hydrogens (tertiary/aromatic N) is 1. The van der Waals surface area contributed by atoms with Crippen molar-refractivity contribution in [1.29, 1.82) is 0 Å². The molecule has 0 saturated carbocycles. The first-order chi connectivity index (χ1) is 5.55. The zero-order valence-electron chi connectivity index (χ0n) is 6.31. The van der Waals surface area contributed by atoms with Gasteiger partial charge in [-0.2, -0.15) is 8.42 Å². The molecule has 0 aromatic rings. The molecule has 8 heteroatoms. The molecule has 12 heavy (non-hydrogen) atoms. The molecular formula is C4H8N2O5S.